The van der Waals surface area contributed by atoms with Crippen molar-refractivity contribution in [1.82, 2.24) is 15.5 Å². The lowest BCUT2D eigenvalue weighted by Crippen LogP contribution is -2.27. The van der Waals surface area contributed by atoms with Gasteiger partial charge in [-0.25, -0.2) is 0 Å². The van der Waals surface area contributed by atoms with Gasteiger partial charge in [0.15, 0.2) is 5.69 Å². The summed E-state index contributed by atoms with van der Waals surface area (Å²) in [7, 11) is 0. The third kappa shape index (κ3) is 2.15. The fourth-order valence-corrected chi connectivity index (χ4v) is 2.06. The zero-order valence-corrected chi connectivity index (χ0v) is 9.78. The predicted molar refractivity (Wildman–Crippen MR) is 59.2 cm³/mol. The molecule has 90 valence electrons. The number of fused-ring (bicyclic) bond motifs is 1. The van der Waals surface area contributed by atoms with Crippen LogP contribution in [0.2, 0.25) is 0 Å². The van der Waals surface area contributed by atoms with Gasteiger partial charge in [-0.05, 0) is 13.8 Å². The second-order valence-electron chi connectivity index (χ2n) is 4.10. The molecule has 0 saturated carbocycles. The Morgan fingerprint density at radius 1 is 1.71 bits per heavy atom. The lowest BCUT2D eigenvalue weighted by atomic mass is 9.99. The van der Waals surface area contributed by atoms with Crippen LogP contribution in [0.4, 0.5) is 0 Å². The Balaban J connectivity index is 2.26. The topological polar surface area (TPSA) is 90.8 Å². The van der Waals surface area contributed by atoms with Gasteiger partial charge in [0.25, 0.3) is 5.91 Å². The van der Waals surface area contributed by atoms with Crippen LogP contribution in [-0.2, 0) is 11.2 Å². The minimum atomic E-state index is -0.314. The summed E-state index contributed by atoms with van der Waals surface area (Å²) >= 11 is 0. The van der Waals surface area contributed by atoms with Crippen LogP contribution in [0, 0.1) is 11.3 Å². The fourth-order valence-electron chi connectivity index (χ4n) is 2.06. The van der Waals surface area contributed by atoms with E-state index in [1.54, 1.807) is 0 Å². The van der Waals surface area contributed by atoms with Gasteiger partial charge in [0, 0.05) is 12.0 Å². The van der Waals surface area contributed by atoms with Gasteiger partial charge < -0.3 is 10.1 Å². The second kappa shape index (κ2) is 4.55. The highest BCUT2D eigenvalue weighted by molar-refractivity contribution is 5.94. The van der Waals surface area contributed by atoms with Crippen LogP contribution < -0.4 is 5.32 Å². The van der Waals surface area contributed by atoms with E-state index in [0.29, 0.717) is 12.1 Å². The molecule has 2 heterocycles. The third-order valence-corrected chi connectivity index (χ3v) is 2.78. The Labute approximate surface area is 99.0 Å². The van der Waals surface area contributed by atoms with E-state index in [2.05, 4.69) is 15.5 Å². The van der Waals surface area contributed by atoms with Gasteiger partial charge in [-0.1, -0.05) is 0 Å². The fraction of sp³-hybridized carbons (Fsp3) is 0.545. The number of nitrogens with zero attached hydrogens (tertiary/aromatic N) is 2. The summed E-state index contributed by atoms with van der Waals surface area (Å²) in [6.07, 6.45) is 0.641. The summed E-state index contributed by atoms with van der Waals surface area (Å²) in [4.78, 5) is 11.8. The maximum absolute atomic E-state index is 11.8. The molecule has 0 saturated heterocycles. The van der Waals surface area contributed by atoms with Crippen molar-refractivity contribution in [3.63, 3.8) is 0 Å². The van der Waals surface area contributed by atoms with Crippen molar-refractivity contribution >= 4 is 5.91 Å². The molecule has 0 fully saturated rings. The van der Waals surface area contributed by atoms with Crippen molar-refractivity contribution in [3.05, 3.63) is 17.0 Å². The van der Waals surface area contributed by atoms with Crippen LogP contribution in [0.5, 0.6) is 0 Å². The zero-order chi connectivity index (χ0) is 12.4. The Morgan fingerprint density at radius 2 is 2.47 bits per heavy atom. The van der Waals surface area contributed by atoms with E-state index in [9.17, 15) is 4.79 Å². The second-order valence-corrected chi connectivity index (χ2v) is 4.10. The van der Waals surface area contributed by atoms with Crippen LogP contribution in [0.1, 0.15) is 41.7 Å². The van der Waals surface area contributed by atoms with E-state index in [0.717, 1.165) is 11.3 Å². The number of rotatable bonds is 2. The van der Waals surface area contributed by atoms with E-state index in [1.807, 2.05) is 19.9 Å². The van der Waals surface area contributed by atoms with Gasteiger partial charge in [-0.3, -0.25) is 9.89 Å². The van der Waals surface area contributed by atoms with Crippen LogP contribution in [-0.4, -0.2) is 28.8 Å². The number of carbonyl (C=O) groups is 1. The van der Waals surface area contributed by atoms with E-state index in [-0.39, 0.29) is 24.7 Å². The smallest absolute Gasteiger partial charge is 0.272 e. The molecular weight excluding hydrogens is 220 g/mol. The highest BCUT2D eigenvalue weighted by Gasteiger charge is 2.29. The van der Waals surface area contributed by atoms with Crippen molar-refractivity contribution in [2.45, 2.75) is 32.5 Å². The predicted octanol–water partition coefficient (Wildman–Crippen LogP) is 0.685. The summed E-state index contributed by atoms with van der Waals surface area (Å²) < 4.78 is 5.63. The quantitative estimate of drug-likeness (QED) is 0.736. The lowest BCUT2D eigenvalue weighted by Gasteiger charge is -2.25. The molecule has 0 aliphatic carbocycles. The number of aromatic amines is 1. The molecule has 2 rings (SSSR count). The summed E-state index contributed by atoms with van der Waals surface area (Å²) in [5, 5.41) is 17.8. The number of nitriles is 1. The number of ether oxygens (including phenoxy) is 1. The van der Waals surface area contributed by atoms with E-state index in [1.165, 1.54) is 0 Å². The number of aromatic nitrogens is 2. The Bertz CT molecular complexity index is 474. The number of hydrogen-bond acceptors (Lipinski definition) is 4. The Hall–Kier alpha value is -1.87. The zero-order valence-electron chi connectivity index (χ0n) is 9.78. The number of carbonyl (C=O) groups excluding carboxylic acids is 1. The van der Waals surface area contributed by atoms with Gasteiger partial charge in [-0.2, -0.15) is 10.4 Å². The number of nitrogens with one attached hydrogen (secondary N) is 2. The molecule has 17 heavy (non-hydrogen) atoms. The monoisotopic (exact) mass is 234 g/mol. The normalized spacial score (nSPS) is 22.6. The molecule has 0 spiro atoms. The molecule has 2 atom stereocenters. The minimum absolute atomic E-state index is 0.0118. The van der Waals surface area contributed by atoms with E-state index >= 15 is 0 Å². The highest BCUT2D eigenvalue weighted by Crippen LogP contribution is 2.29. The molecule has 2 N–H and O–H groups in total. The first-order chi connectivity index (χ1) is 8.13. The van der Waals surface area contributed by atoms with Gasteiger partial charge in [0.1, 0.15) is 6.54 Å². The van der Waals surface area contributed by atoms with Gasteiger partial charge in [0.2, 0.25) is 0 Å². The first-order valence-corrected chi connectivity index (χ1v) is 5.51. The van der Waals surface area contributed by atoms with Crippen LogP contribution in [0.25, 0.3) is 0 Å². The SMILES string of the molecule is C[C@@H]1Cc2c(C(=O)NCC#N)n[nH]c2[C@H](C)O1. The summed E-state index contributed by atoms with van der Waals surface area (Å²) in [6, 6.07) is 1.86. The molecule has 6 heteroatoms. The standard InChI is InChI=1S/C11H14N4O2/c1-6-5-8-9(7(2)17-6)14-15-10(8)11(16)13-4-3-12/h6-7H,4-5H2,1-2H3,(H,13,16)(H,14,15)/t6-,7+/m1/s1. The van der Waals surface area contributed by atoms with E-state index < -0.39 is 0 Å². The average Bonchev–Trinajstić information content (AvgIpc) is 2.69. The largest absolute Gasteiger partial charge is 0.369 e. The van der Waals surface area contributed by atoms with Crippen LogP contribution >= 0.6 is 0 Å². The Morgan fingerprint density at radius 3 is 3.18 bits per heavy atom. The molecule has 0 aromatic carbocycles. The summed E-state index contributed by atoms with van der Waals surface area (Å²) in [6.45, 7) is 3.87. The first kappa shape index (κ1) is 11.6. The maximum Gasteiger partial charge on any atom is 0.272 e. The minimum Gasteiger partial charge on any atom is -0.369 e. The molecule has 1 aliphatic heterocycles. The average molecular weight is 234 g/mol. The molecule has 1 aromatic rings. The molecule has 1 amide bonds. The Kier molecular flexibility index (Phi) is 3.11. The van der Waals surface area contributed by atoms with Gasteiger partial charge >= 0.3 is 0 Å². The van der Waals surface area contributed by atoms with Crippen LogP contribution in [0.3, 0.4) is 0 Å². The molecule has 0 bridgehead atoms. The molecule has 1 aliphatic rings. The van der Waals surface area contributed by atoms with Gasteiger partial charge in [-0.15, -0.1) is 0 Å². The molecule has 0 radical (unpaired) electrons. The molecule has 1 aromatic heterocycles. The van der Waals surface area contributed by atoms with Gasteiger partial charge in [0.05, 0.1) is 24.0 Å². The number of H-pyrrole nitrogens is 1. The molecule has 6 nitrogen and oxygen atoms in total. The summed E-state index contributed by atoms with van der Waals surface area (Å²) in [5.41, 5.74) is 2.12. The van der Waals surface area contributed by atoms with Crippen molar-refractivity contribution in [2.24, 2.45) is 0 Å². The highest BCUT2D eigenvalue weighted by atomic mass is 16.5. The summed E-state index contributed by atoms with van der Waals surface area (Å²) in [5.74, 6) is -0.314. The number of hydrogen-bond donors (Lipinski definition) is 2. The molecule has 0 unspecified atom stereocenters. The third-order valence-electron chi connectivity index (χ3n) is 2.78. The first-order valence-electron chi connectivity index (χ1n) is 5.51. The van der Waals surface area contributed by atoms with Crippen molar-refractivity contribution in [3.8, 4) is 6.07 Å². The van der Waals surface area contributed by atoms with Crippen LogP contribution in [0.15, 0.2) is 0 Å². The van der Waals surface area contributed by atoms with E-state index in [4.69, 9.17) is 10.00 Å². The van der Waals surface area contributed by atoms with Crippen molar-refractivity contribution < 1.29 is 9.53 Å². The maximum atomic E-state index is 11.8. The van der Waals surface area contributed by atoms with Crippen molar-refractivity contribution in [2.75, 3.05) is 6.54 Å². The lowest BCUT2D eigenvalue weighted by molar-refractivity contribution is -0.00697. The number of amides is 1. The van der Waals surface area contributed by atoms with Crippen molar-refractivity contribution in [1.29, 1.82) is 5.26 Å². The molecular formula is C11H14N4O2.